The van der Waals surface area contributed by atoms with Crippen LogP contribution in [0.25, 0.3) is 0 Å². The maximum absolute atomic E-state index is 12.2. The van der Waals surface area contributed by atoms with Gasteiger partial charge in [0.05, 0.1) is 25.3 Å². The number of nitrogens with zero attached hydrogens (tertiary/aromatic N) is 1. The van der Waals surface area contributed by atoms with Gasteiger partial charge in [0.25, 0.3) is 0 Å². The van der Waals surface area contributed by atoms with Crippen LogP contribution in [0.4, 0.5) is 10.5 Å². The number of para-hydroxylation sites is 1. The number of benzene rings is 1. The Labute approximate surface area is 127 Å². The van der Waals surface area contributed by atoms with Gasteiger partial charge in [-0.1, -0.05) is 18.2 Å². The molecule has 0 saturated heterocycles. The summed E-state index contributed by atoms with van der Waals surface area (Å²) in [5.74, 6) is -0.619. The molecule has 0 aliphatic carbocycles. The summed E-state index contributed by atoms with van der Waals surface area (Å²) in [5.41, 5.74) is 6.54. The number of hydrogen-bond donors (Lipinski definition) is 1. The predicted molar refractivity (Wildman–Crippen MR) is 76.8 cm³/mol. The Bertz CT molecular complexity index is 699. The molecule has 3 rings (SSSR count). The van der Waals surface area contributed by atoms with Gasteiger partial charge in [-0.2, -0.15) is 0 Å². The largest absolute Gasteiger partial charge is 0.465 e. The lowest BCUT2D eigenvalue weighted by Gasteiger charge is -2.28. The summed E-state index contributed by atoms with van der Waals surface area (Å²) < 4.78 is 15.3. The van der Waals surface area contributed by atoms with Crippen LogP contribution in [0.5, 0.6) is 0 Å². The molecule has 22 heavy (non-hydrogen) atoms. The third-order valence-corrected chi connectivity index (χ3v) is 4.22. The van der Waals surface area contributed by atoms with Crippen LogP contribution >= 0.6 is 0 Å². The number of nitrogens with two attached hydrogens (primary N) is 1. The van der Waals surface area contributed by atoms with Gasteiger partial charge in [-0.15, -0.1) is 0 Å². The van der Waals surface area contributed by atoms with Crippen LogP contribution in [-0.4, -0.2) is 32.5 Å². The fourth-order valence-corrected chi connectivity index (χ4v) is 3.21. The molecule has 1 aromatic carbocycles. The van der Waals surface area contributed by atoms with Gasteiger partial charge in [0.15, 0.2) is 12.1 Å². The molecule has 0 saturated carbocycles. The van der Waals surface area contributed by atoms with Gasteiger partial charge in [0.2, 0.25) is 0 Å². The molecule has 1 aromatic rings. The van der Waals surface area contributed by atoms with E-state index < -0.39 is 23.7 Å². The maximum atomic E-state index is 12.2. The molecule has 2 heterocycles. The third-order valence-electron chi connectivity index (χ3n) is 4.22. The predicted octanol–water partition coefficient (Wildman–Crippen LogP) is 1.23. The quantitative estimate of drug-likeness (QED) is 0.785. The van der Waals surface area contributed by atoms with Crippen molar-refractivity contribution >= 4 is 17.7 Å². The monoisotopic (exact) mass is 304 g/mol. The maximum Gasteiger partial charge on any atom is 0.417 e. The summed E-state index contributed by atoms with van der Waals surface area (Å²) in [7, 11) is 2.56. The number of ether oxygens (including phenoxy) is 3. The molecule has 2 N–H and O–H groups in total. The van der Waals surface area contributed by atoms with Crippen molar-refractivity contribution < 1.29 is 23.8 Å². The first-order valence-electron chi connectivity index (χ1n) is 6.68. The van der Waals surface area contributed by atoms with Crippen LogP contribution in [0.1, 0.15) is 12.5 Å². The smallest absolute Gasteiger partial charge is 0.417 e. The number of methoxy groups -OCH3 is 2. The summed E-state index contributed by atoms with van der Waals surface area (Å²) in [4.78, 5) is 25.7. The highest BCUT2D eigenvalue weighted by molar-refractivity contribution is 5.99. The fourth-order valence-electron chi connectivity index (χ4n) is 3.21. The lowest BCUT2D eigenvalue weighted by atomic mass is 9.77. The molecule has 0 fully saturated rings. The zero-order valence-corrected chi connectivity index (χ0v) is 12.5. The van der Waals surface area contributed by atoms with Crippen molar-refractivity contribution in [1.82, 2.24) is 0 Å². The molecular weight excluding hydrogens is 288 g/mol. The van der Waals surface area contributed by atoms with E-state index in [1.807, 2.05) is 12.1 Å². The lowest BCUT2D eigenvalue weighted by Crippen LogP contribution is -2.46. The minimum atomic E-state index is -0.915. The Balaban J connectivity index is 2.22. The van der Waals surface area contributed by atoms with Crippen LogP contribution in [0.15, 0.2) is 35.7 Å². The zero-order chi connectivity index (χ0) is 16.1. The van der Waals surface area contributed by atoms with E-state index in [-0.39, 0.29) is 11.5 Å². The Hall–Kier alpha value is -2.70. The van der Waals surface area contributed by atoms with Crippen molar-refractivity contribution in [3.63, 3.8) is 0 Å². The summed E-state index contributed by atoms with van der Waals surface area (Å²) in [6.07, 6.45) is -1.37. The van der Waals surface area contributed by atoms with Crippen LogP contribution in [0, 0.1) is 0 Å². The molecule has 2 atom stereocenters. The molecule has 2 aliphatic heterocycles. The number of hydrogen-bond acceptors (Lipinski definition) is 6. The van der Waals surface area contributed by atoms with Crippen molar-refractivity contribution in [3.05, 3.63) is 41.3 Å². The van der Waals surface area contributed by atoms with E-state index in [4.69, 9.17) is 19.9 Å². The summed E-state index contributed by atoms with van der Waals surface area (Å²) >= 11 is 0. The minimum absolute atomic E-state index is 0.0391. The highest BCUT2D eigenvalue weighted by Crippen LogP contribution is 2.54. The van der Waals surface area contributed by atoms with E-state index in [1.165, 1.54) is 19.1 Å². The SMILES string of the molecule is COC(=O)C1=C(N)OC2N(C(=O)OC)c3ccccc3C12C. The average Bonchev–Trinajstić information content (AvgIpc) is 2.92. The van der Waals surface area contributed by atoms with Gasteiger partial charge in [-0.05, 0) is 18.6 Å². The minimum Gasteiger partial charge on any atom is -0.465 e. The lowest BCUT2D eigenvalue weighted by molar-refractivity contribution is -0.136. The van der Waals surface area contributed by atoms with Gasteiger partial charge in [-0.25, -0.2) is 14.5 Å². The first kappa shape index (κ1) is 14.2. The van der Waals surface area contributed by atoms with Gasteiger partial charge < -0.3 is 19.9 Å². The second-order valence-corrected chi connectivity index (χ2v) is 5.26. The van der Waals surface area contributed by atoms with Gasteiger partial charge in [0, 0.05) is 0 Å². The molecule has 2 aliphatic rings. The molecule has 7 nitrogen and oxygen atoms in total. The first-order chi connectivity index (χ1) is 10.5. The van der Waals surface area contributed by atoms with E-state index in [9.17, 15) is 9.59 Å². The molecule has 0 aromatic heterocycles. The van der Waals surface area contributed by atoms with E-state index in [2.05, 4.69) is 0 Å². The molecule has 0 radical (unpaired) electrons. The highest BCUT2D eigenvalue weighted by atomic mass is 16.6. The van der Waals surface area contributed by atoms with E-state index in [0.717, 1.165) is 5.56 Å². The van der Waals surface area contributed by atoms with Crippen molar-refractivity contribution in [3.8, 4) is 0 Å². The Morgan fingerprint density at radius 3 is 2.59 bits per heavy atom. The number of fused-ring (bicyclic) bond motifs is 3. The molecule has 2 unspecified atom stereocenters. The van der Waals surface area contributed by atoms with E-state index >= 15 is 0 Å². The highest BCUT2D eigenvalue weighted by Gasteiger charge is 2.61. The summed E-state index contributed by atoms with van der Waals surface area (Å²) in [6.45, 7) is 1.80. The number of amides is 1. The standard InChI is InChI=1S/C15H16N2O5/c1-15-8-6-4-5-7-9(8)17(14(19)21-3)13(15)22-11(16)10(15)12(18)20-2/h4-7,13H,16H2,1-3H3. The Morgan fingerprint density at radius 1 is 1.27 bits per heavy atom. The number of carbonyl (C=O) groups excluding carboxylic acids is 2. The van der Waals surface area contributed by atoms with E-state index in [0.29, 0.717) is 5.69 Å². The summed E-state index contributed by atoms with van der Waals surface area (Å²) in [6, 6.07) is 7.22. The van der Waals surface area contributed by atoms with Gasteiger partial charge >= 0.3 is 12.1 Å². The normalized spacial score (nSPS) is 25.4. The third kappa shape index (κ3) is 1.56. The van der Waals surface area contributed by atoms with Crippen molar-refractivity contribution in [2.45, 2.75) is 18.6 Å². The second kappa shape index (κ2) is 4.66. The number of esters is 1. The molecular formula is C15H16N2O5. The van der Waals surface area contributed by atoms with Crippen LogP contribution in [0.3, 0.4) is 0 Å². The van der Waals surface area contributed by atoms with Crippen LogP contribution < -0.4 is 10.6 Å². The first-order valence-corrected chi connectivity index (χ1v) is 6.68. The fraction of sp³-hybridized carbons (Fsp3) is 0.333. The van der Waals surface area contributed by atoms with Crippen LogP contribution in [0.2, 0.25) is 0 Å². The Kier molecular flexibility index (Phi) is 3.01. The van der Waals surface area contributed by atoms with Gasteiger partial charge in [0.1, 0.15) is 5.57 Å². The zero-order valence-electron chi connectivity index (χ0n) is 12.5. The van der Waals surface area contributed by atoms with Gasteiger partial charge in [-0.3, -0.25) is 0 Å². The van der Waals surface area contributed by atoms with Crippen molar-refractivity contribution in [2.24, 2.45) is 5.73 Å². The van der Waals surface area contributed by atoms with E-state index in [1.54, 1.807) is 19.1 Å². The van der Waals surface area contributed by atoms with Crippen LogP contribution in [-0.2, 0) is 24.4 Å². The topological polar surface area (TPSA) is 91.1 Å². The molecule has 116 valence electrons. The number of rotatable bonds is 1. The second-order valence-electron chi connectivity index (χ2n) is 5.26. The molecule has 0 spiro atoms. The molecule has 1 amide bonds. The molecule has 0 bridgehead atoms. The Morgan fingerprint density at radius 2 is 1.95 bits per heavy atom. The number of carbonyl (C=O) groups is 2. The average molecular weight is 304 g/mol. The number of anilines is 1. The molecule has 7 heteroatoms. The van der Waals surface area contributed by atoms with Crippen molar-refractivity contribution in [2.75, 3.05) is 19.1 Å². The summed E-state index contributed by atoms with van der Waals surface area (Å²) in [5, 5.41) is 0. The van der Waals surface area contributed by atoms with Crippen molar-refractivity contribution in [1.29, 1.82) is 0 Å².